The molecule has 0 atom stereocenters. The molecule has 3 aromatic rings. The molecule has 0 fully saturated rings. The topological polar surface area (TPSA) is 57.1 Å². The van der Waals surface area contributed by atoms with Crippen LogP contribution in [0, 0.1) is 7.14 Å². The molecule has 0 amide bonds. The summed E-state index contributed by atoms with van der Waals surface area (Å²) in [5, 5.41) is 0.677. The van der Waals surface area contributed by atoms with Crippen molar-refractivity contribution < 1.29 is 19.0 Å². The van der Waals surface area contributed by atoms with Crippen molar-refractivity contribution >= 4 is 90.7 Å². The van der Waals surface area contributed by atoms with Gasteiger partial charge in [0.05, 0.1) is 10.2 Å². The molecule has 0 aromatic heterocycles. The van der Waals surface area contributed by atoms with Crippen LogP contribution in [0.4, 0.5) is 0 Å². The van der Waals surface area contributed by atoms with Crippen LogP contribution >= 0.6 is 72.7 Å². The van der Waals surface area contributed by atoms with E-state index < -0.39 is 5.97 Å². The van der Waals surface area contributed by atoms with E-state index in [1.54, 1.807) is 6.08 Å². The zero-order chi connectivity index (χ0) is 24.2. The zero-order valence-electron chi connectivity index (χ0n) is 17.8. The van der Waals surface area contributed by atoms with Crippen molar-refractivity contribution in [3.63, 3.8) is 0 Å². The molecule has 0 saturated carbocycles. The maximum absolute atomic E-state index is 12.5. The fourth-order valence-electron chi connectivity index (χ4n) is 3.13. The second-order valence-corrected chi connectivity index (χ2v) is 10.8. The molecule has 1 heterocycles. The molecular formula is C25H17BrClI2NO4. The van der Waals surface area contributed by atoms with Gasteiger partial charge in [0, 0.05) is 18.6 Å². The van der Waals surface area contributed by atoms with Crippen LogP contribution in [0.1, 0.15) is 23.6 Å². The lowest BCUT2D eigenvalue weighted by Crippen LogP contribution is -2.05. The molecule has 0 bridgehead atoms. The van der Waals surface area contributed by atoms with E-state index in [-0.39, 0.29) is 11.6 Å². The summed E-state index contributed by atoms with van der Waals surface area (Å²) < 4.78 is 20.1. The van der Waals surface area contributed by atoms with Crippen LogP contribution in [0.5, 0.6) is 11.5 Å². The molecule has 0 spiro atoms. The molecule has 0 aliphatic carbocycles. The summed E-state index contributed by atoms with van der Waals surface area (Å²) >= 11 is 13.9. The van der Waals surface area contributed by atoms with E-state index in [1.165, 1.54) is 0 Å². The zero-order valence-corrected chi connectivity index (χ0v) is 24.4. The van der Waals surface area contributed by atoms with E-state index >= 15 is 0 Å². The molecule has 1 aliphatic heterocycles. The van der Waals surface area contributed by atoms with Gasteiger partial charge < -0.3 is 14.2 Å². The van der Waals surface area contributed by atoms with Crippen molar-refractivity contribution in [3.8, 4) is 11.5 Å². The Morgan fingerprint density at radius 2 is 1.82 bits per heavy atom. The summed E-state index contributed by atoms with van der Waals surface area (Å²) in [5.41, 5.74) is 2.69. The fourth-order valence-corrected chi connectivity index (χ4v) is 4.75. The van der Waals surface area contributed by atoms with Gasteiger partial charge in [-0.15, -0.1) is 0 Å². The SMILES string of the molecule is CCOc1cc(/C=C2\N=C(c3ccc(I)c(Br)c3)OC2=O)cc(I)c1OCc1ccc(Cl)cc1. The molecule has 0 saturated heterocycles. The Morgan fingerprint density at radius 1 is 1.06 bits per heavy atom. The Labute approximate surface area is 237 Å². The van der Waals surface area contributed by atoms with E-state index in [9.17, 15) is 4.79 Å². The molecule has 0 radical (unpaired) electrons. The van der Waals surface area contributed by atoms with Crippen molar-refractivity contribution in [1.29, 1.82) is 0 Å². The van der Waals surface area contributed by atoms with Crippen molar-refractivity contribution in [2.45, 2.75) is 13.5 Å². The molecule has 5 nitrogen and oxygen atoms in total. The highest BCUT2D eigenvalue weighted by atomic mass is 127. The molecule has 34 heavy (non-hydrogen) atoms. The van der Waals surface area contributed by atoms with Crippen LogP contribution in [0.15, 0.2) is 69.8 Å². The van der Waals surface area contributed by atoms with E-state index in [4.69, 9.17) is 25.8 Å². The highest BCUT2D eigenvalue weighted by molar-refractivity contribution is 14.1. The minimum Gasteiger partial charge on any atom is -0.490 e. The fraction of sp³-hybridized carbons (Fsp3) is 0.120. The molecule has 0 N–H and O–H groups in total. The number of carbonyl (C=O) groups is 1. The van der Waals surface area contributed by atoms with Crippen molar-refractivity contribution in [3.05, 3.63) is 93.6 Å². The number of rotatable bonds is 7. The smallest absolute Gasteiger partial charge is 0.363 e. The monoisotopic (exact) mass is 763 g/mol. The summed E-state index contributed by atoms with van der Waals surface area (Å²) in [5.74, 6) is 1.01. The molecule has 9 heteroatoms. The number of ether oxygens (including phenoxy) is 3. The van der Waals surface area contributed by atoms with Gasteiger partial charge in [-0.05, 0) is 128 Å². The van der Waals surface area contributed by atoms with Crippen molar-refractivity contribution in [2.24, 2.45) is 4.99 Å². The molecule has 3 aromatic carbocycles. The van der Waals surface area contributed by atoms with Crippen LogP contribution in [0.3, 0.4) is 0 Å². The summed E-state index contributed by atoms with van der Waals surface area (Å²) in [7, 11) is 0. The van der Waals surface area contributed by atoms with Crippen LogP contribution in [0.25, 0.3) is 6.08 Å². The average Bonchev–Trinajstić information content (AvgIpc) is 3.16. The third kappa shape index (κ3) is 6.13. The van der Waals surface area contributed by atoms with Crippen LogP contribution in [-0.4, -0.2) is 18.5 Å². The summed E-state index contributed by atoms with van der Waals surface area (Å²) in [6, 6.07) is 16.9. The number of carbonyl (C=O) groups excluding carboxylic acids is 1. The average molecular weight is 765 g/mol. The van der Waals surface area contributed by atoms with E-state index in [0.29, 0.717) is 29.7 Å². The highest BCUT2D eigenvalue weighted by Crippen LogP contribution is 2.36. The van der Waals surface area contributed by atoms with Gasteiger partial charge in [-0.1, -0.05) is 23.7 Å². The van der Waals surface area contributed by atoms with Gasteiger partial charge in [-0.3, -0.25) is 0 Å². The number of cyclic esters (lactones) is 1. The Bertz CT molecular complexity index is 1310. The predicted molar refractivity (Wildman–Crippen MR) is 154 cm³/mol. The second kappa shape index (κ2) is 11.4. The lowest BCUT2D eigenvalue weighted by atomic mass is 10.1. The third-order valence-electron chi connectivity index (χ3n) is 4.72. The van der Waals surface area contributed by atoms with Crippen LogP contribution in [-0.2, 0) is 16.1 Å². The lowest BCUT2D eigenvalue weighted by Gasteiger charge is -2.15. The van der Waals surface area contributed by atoms with Crippen molar-refractivity contribution in [2.75, 3.05) is 6.61 Å². The minimum atomic E-state index is -0.499. The van der Waals surface area contributed by atoms with Crippen molar-refractivity contribution in [1.82, 2.24) is 0 Å². The first kappa shape index (κ1) is 25.5. The Kier molecular flexibility index (Phi) is 8.54. The number of esters is 1. The quantitative estimate of drug-likeness (QED) is 0.141. The standard InChI is InChI=1S/C25H17BrClI2NO4/c1-2-32-22-11-15(9-20(29)23(22)33-13-14-3-6-17(27)7-4-14)10-21-25(31)34-24(30-21)16-5-8-19(28)18(26)12-16/h3-12H,2,13H2,1H3/b21-10-. The third-order valence-corrected chi connectivity index (χ3v) is 8.11. The van der Waals surface area contributed by atoms with Gasteiger partial charge in [-0.2, -0.15) is 0 Å². The molecular weight excluding hydrogens is 747 g/mol. The molecule has 1 aliphatic rings. The predicted octanol–water partition coefficient (Wildman–Crippen LogP) is 7.63. The first-order valence-electron chi connectivity index (χ1n) is 10.2. The minimum absolute atomic E-state index is 0.220. The maximum Gasteiger partial charge on any atom is 0.363 e. The van der Waals surface area contributed by atoms with Gasteiger partial charge >= 0.3 is 5.97 Å². The number of hydrogen-bond acceptors (Lipinski definition) is 5. The van der Waals surface area contributed by atoms with Gasteiger partial charge in [0.25, 0.3) is 0 Å². The van der Waals surface area contributed by atoms with Crippen LogP contribution in [0.2, 0.25) is 5.02 Å². The number of aliphatic imine (C=N–C) groups is 1. The first-order chi connectivity index (χ1) is 16.3. The van der Waals surface area contributed by atoms with E-state index in [0.717, 1.165) is 28.3 Å². The number of halogens is 4. The Balaban J connectivity index is 1.61. The number of nitrogens with zero attached hydrogens (tertiary/aromatic N) is 1. The second-order valence-electron chi connectivity index (χ2n) is 7.14. The van der Waals surface area contributed by atoms with Gasteiger partial charge in [-0.25, -0.2) is 9.79 Å². The Hall–Kier alpha value is -1.63. The van der Waals surface area contributed by atoms with Gasteiger partial charge in [0.2, 0.25) is 5.90 Å². The molecule has 4 rings (SSSR count). The lowest BCUT2D eigenvalue weighted by molar-refractivity contribution is -0.129. The molecule has 0 unspecified atom stereocenters. The summed E-state index contributed by atoms with van der Waals surface area (Å²) in [6.07, 6.45) is 1.69. The largest absolute Gasteiger partial charge is 0.490 e. The first-order valence-corrected chi connectivity index (χ1v) is 13.5. The highest BCUT2D eigenvalue weighted by Gasteiger charge is 2.25. The summed E-state index contributed by atoms with van der Waals surface area (Å²) in [6.45, 7) is 2.75. The van der Waals surface area contributed by atoms with Gasteiger partial charge in [0.15, 0.2) is 17.2 Å². The van der Waals surface area contributed by atoms with E-state index in [2.05, 4.69) is 66.1 Å². The molecule has 174 valence electrons. The van der Waals surface area contributed by atoms with Gasteiger partial charge in [0.1, 0.15) is 6.61 Å². The Morgan fingerprint density at radius 3 is 2.53 bits per heavy atom. The van der Waals surface area contributed by atoms with E-state index in [1.807, 2.05) is 61.5 Å². The van der Waals surface area contributed by atoms with Crippen LogP contribution < -0.4 is 9.47 Å². The number of hydrogen-bond donors (Lipinski definition) is 0. The number of benzene rings is 3. The maximum atomic E-state index is 12.5. The normalized spacial score (nSPS) is 14.2. The summed E-state index contributed by atoms with van der Waals surface area (Å²) in [4.78, 5) is 16.9.